The first-order valence-corrected chi connectivity index (χ1v) is 9.87. The van der Waals surface area contributed by atoms with Gasteiger partial charge in [0.1, 0.15) is 11.2 Å². The number of ether oxygens (including phenoxy) is 2. The molecule has 152 valence electrons. The molecule has 0 radical (unpaired) electrons. The largest absolute Gasteiger partial charge is 0.481 e. The summed E-state index contributed by atoms with van der Waals surface area (Å²) >= 11 is 5.28. The maximum absolute atomic E-state index is 12.7. The number of thiocarbonyl (C=S) groups is 1. The van der Waals surface area contributed by atoms with Gasteiger partial charge in [-0.3, -0.25) is 5.32 Å². The monoisotopic (exact) mass is 437 g/mol. The molecule has 0 spiro atoms. The van der Waals surface area contributed by atoms with Gasteiger partial charge in [0.05, 0.1) is 31.9 Å². The maximum atomic E-state index is 12.7. The summed E-state index contributed by atoms with van der Waals surface area (Å²) in [4.78, 5) is 19.8. The van der Waals surface area contributed by atoms with Gasteiger partial charge in [-0.1, -0.05) is 29.5 Å². The number of anilines is 1. The van der Waals surface area contributed by atoms with E-state index in [1.54, 1.807) is 12.1 Å². The Kier molecular flexibility index (Phi) is 5.89. The van der Waals surface area contributed by atoms with Crippen LogP contribution in [0.5, 0.6) is 11.8 Å². The van der Waals surface area contributed by atoms with E-state index in [1.807, 2.05) is 4.72 Å². The molecule has 13 heteroatoms. The average molecular weight is 437 g/mol. The van der Waals surface area contributed by atoms with Crippen LogP contribution in [0.1, 0.15) is 11.6 Å². The fourth-order valence-corrected chi connectivity index (χ4v) is 4.04. The zero-order valence-corrected chi connectivity index (χ0v) is 16.8. The molecule has 2 amide bonds. The molecule has 0 saturated heterocycles. The Morgan fingerprint density at radius 3 is 2.52 bits per heavy atom. The lowest BCUT2D eigenvalue weighted by molar-refractivity contribution is 0.256. The van der Waals surface area contributed by atoms with Crippen LogP contribution in [0.3, 0.4) is 0 Å². The summed E-state index contributed by atoms with van der Waals surface area (Å²) in [6, 6.07) is 1.88. The van der Waals surface area contributed by atoms with Crippen molar-refractivity contribution in [1.29, 1.82) is 0 Å². The molecule has 0 saturated carbocycles. The zero-order valence-electron chi connectivity index (χ0n) is 15.1. The first-order valence-electron chi connectivity index (χ1n) is 7.98. The van der Waals surface area contributed by atoms with E-state index in [0.717, 1.165) is 0 Å². The van der Waals surface area contributed by atoms with Crippen LogP contribution in [-0.2, 0) is 10.0 Å². The second-order valence-electron chi connectivity index (χ2n) is 5.52. The van der Waals surface area contributed by atoms with Crippen LogP contribution >= 0.6 is 12.2 Å². The second-order valence-corrected chi connectivity index (χ2v) is 7.61. The summed E-state index contributed by atoms with van der Waals surface area (Å²) in [5, 5.41) is 5.99. The van der Waals surface area contributed by atoms with Crippen LogP contribution in [-0.4, -0.2) is 48.7 Å². The van der Waals surface area contributed by atoms with Gasteiger partial charge in [-0.15, -0.1) is 0 Å². The summed E-state index contributed by atoms with van der Waals surface area (Å²) in [7, 11) is -1.54. The second kappa shape index (κ2) is 8.36. The van der Waals surface area contributed by atoms with Crippen molar-refractivity contribution < 1.29 is 27.2 Å². The molecule has 1 atom stereocenters. The molecule has 0 bridgehead atoms. The molecule has 11 nitrogen and oxygen atoms in total. The molecule has 3 rings (SSSR count). The Morgan fingerprint density at radius 2 is 1.93 bits per heavy atom. The van der Waals surface area contributed by atoms with Gasteiger partial charge in [0.25, 0.3) is 10.0 Å². The van der Waals surface area contributed by atoms with Crippen LogP contribution in [0, 0.1) is 0 Å². The Bertz CT molecular complexity index is 1070. The molecule has 2 aromatic rings. The Labute approximate surface area is 170 Å². The van der Waals surface area contributed by atoms with Crippen molar-refractivity contribution in [1.82, 2.24) is 19.8 Å². The van der Waals surface area contributed by atoms with Crippen molar-refractivity contribution in [2.24, 2.45) is 0 Å². The minimum Gasteiger partial charge on any atom is -0.481 e. The lowest BCUT2D eigenvalue weighted by atomic mass is 9.97. The van der Waals surface area contributed by atoms with Crippen LogP contribution in [0.4, 0.5) is 10.7 Å². The minimum absolute atomic E-state index is 0.0704. The lowest BCUT2D eigenvalue weighted by Crippen LogP contribution is -2.38. The Hall–Kier alpha value is -3.32. The molecule has 2 heterocycles. The van der Waals surface area contributed by atoms with E-state index in [2.05, 4.69) is 20.4 Å². The van der Waals surface area contributed by atoms with Crippen molar-refractivity contribution in [2.45, 2.75) is 5.92 Å². The van der Waals surface area contributed by atoms with Gasteiger partial charge in [0.2, 0.25) is 17.7 Å². The normalized spacial score (nSPS) is 16.1. The van der Waals surface area contributed by atoms with Gasteiger partial charge in [-0.05, 0) is 6.08 Å². The van der Waals surface area contributed by atoms with E-state index in [1.165, 1.54) is 38.7 Å². The fraction of sp³-hybridized carbons (Fsp3) is 0.188. The number of carbonyl (C=O) groups is 1. The molecule has 0 aliphatic heterocycles. The first-order chi connectivity index (χ1) is 13.8. The fourth-order valence-electron chi connectivity index (χ4n) is 2.39. The summed E-state index contributed by atoms with van der Waals surface area (Å²) in [5.41, 5.74) is 0.452. The lowest BCUT2D eigenvalue weighted by Gasteiger charge is -2.18. The number of nitrogens with zero attached hydrogens (tertiary/aromatic N) is 3. The van der Waals surface area contributed by atoms with Gasteiger partial charge < -0.3 is 14.0 Å². The van der Waals surface area contributed by atoms with Gasteiger partial charge in [-0.25, -0.2) is 17.9 Å². The molecular formula is C16H15N5O6S2. The van der Waals surface area contributed by atoms with E-state index >= 15 is 0 Å². The summed E-state index contributed by atoms with van der Waals surface area (Å²) < 4.78 is 41.9. The number of hydrogen-bond acceptors (Lipinski definition) is 10. The third kappa shape index (κ3) is 4.57. The number of methoxy groups -OCH3 is 2. The quantitative estimate of drug-likeness (QED) is 0.638. The van der Waals surface area contributed by atoms with E-state index in [-0.39, 0.29) is 27.5 Å². The van der Waals surface area contributed by atoms with E-state index < -0.39 is 22.0 Å². The van der Waals surface area contributed by atoms with Gasteiger partial charge >= 0.3 is 6.03 Å². The third-order valence-electron chi connectivity index (χ3n) is 3.69. The molecule has 2 N–H and O–H groups in total. The van der Waals surface area contributed by atoms with Crippen molar-refractivity contribution in [2.75, 3.05) is 19.5 Å². The van der Waals surface area contributed by atoms with Crippen LogP contribution in [0.2, 0.25) is 0 Å². The number of urea groups is 1. The van der Waals surface area contributed by atoms with Crippen LogP contribution < -0.4 is 19.5 Å². The number of sulfonamides is 1. The first kappa shape index (κ1) is 20.4. The van der Waals surface area contributed by atoms with E-state index in [4.69, 9.17) is 26.2 Å². The number of aromatic nitrogens is 3. The topological polar surface area (TPSA) is 146 Å². The predicted octanol–water partition coefficient (Wildman–Crippen LogP) is 1.54. The molecule has 2 aromatic heterocycles. The minimum atomic E-state index is -4.28. The Morgan fingerprint density at radius 1 is 1.24 bits per heavy atom. The van der Waals surface area contributed by atoms with Gasteiger partial charge in [0.15, 0.2) is 0 Å². The van der Waals surface area contributed by atoms with Crippen LogP contribution in [0.15, 0.2) is 46.1 Å². The molecule has 1 unspecified atom stereocenters. The number of nitrogens with one attached hydrogen (secondary N) is 2. The molecule has 1 aliphatic rings. The number of carbonyl (C=O) groups excluding carboxylic acids is 1. The van der Waals surface area contributed by atoms with Crippen LogP contribution in [0.25, 0.3) is 0 Å². The van der Waals surface area contributed by atoms with Crippen molar-refractivity contribution in [3.8, 4) is 11.8 Å². The highest BCUT2D eigenvalue weighted by Gasteiger charge is 2.31. The highest BCUT2D eigenvalue weighted by Crippen LogP contribution is 2.28. The average Bonchev–Trinajstić information content (AvgIpc) is 3.21. The molecule has 0 aromatic carbocycles. The highest BCUT2D eigenvalue weighted by molar-refractivity contribution is 7.97. The Balaban J connectivity index is 1.75. The molecule has 0 fully saturated rings. The van der Waals surface area contributed by atoms with Crippen molar-refractivity contribution >= 4 is 39.1 Å². The third-order valence-corrected chi connectivity index (χ3v) is 5.68. The molecule has 1 aliphatic carbocycles. The van der Waals surface area contributed by atoms with E-state index in [9.17, 15) is 13.2 Å². The summed E-state index contributed by atoms with van der Waals surface area (Å²) in [5.74, 6) is -0.553. The number of hydrogen-bond donors (Lipinski definition) is 2. The van der Waals surface area contributed by atoms with Gasteiger partial charge in [0, 0.05) is 10.9 Å². The standard InChI is InChI=1S/C16H15N5O6S2/c1-25-12-8-13(26-2)18-15(17-12)19-16(22)21-29(23,24)11-5-3-4-9(14(11)28)10-6-7-27-20-10/h3-9H,1-2H3,(H2,17,18,19,21,22). The summed E-state index contributed by atoms with van der Waals surface area (Å²) in [6.07, 6.45) is 5.83. The number of allylic oxidation sites excluding steroid dienone is 4. The predicted molar refractivity (Wildman–Crippen MR) is 105 cm³/mol. The zero-order chi connectivity index (χ0) is 21.0. The van der Waals surface area contributed by atoms with Crippen molar-refractivity contribution in [3.63, 3.8) is 0 Å². The number of amides is 2. The maximum Gasteiger partial charge on any atom is 0.335 e. The summed E-state index contributed by atoms with van der Waals surface area (Å²) in [6.45, 7) is 0. The van der Waals surface area contributed by atoms with Crippen molar-refractivity contribution in [3.05, 3.63) is 47.2 Å². The smallest absolute Gasteiger partial charge is 0.335 e. The SMILES string of the molecule is COc1cc(OC)nc(NC(=O)NS(=O)(=O)C2=CC=CC(c3ccon3)C2=S)n1. The van der Waals surface area contributed by atoms with E-state index in [0.29, 0.717) is 5.69 Å². The highest BCUT2D eigenvalue weighted by atomic mass is 32.2. The molecule has 29 heavy (non-hydrogen) atoms. The van der Waals surface area contributed by atoms with Gasteiger partial charge in [-0.2, -0.15) is 9.97 Å². The number of rotatable bonds is 6. The molecular weight excluding hydrogens is 422 g/mol.